The first-order valence-corrected chi connectivity index (χ1v) is 9.61. The van der Waals surface area contributed by atoms with E-state index >= 15 is 0 Å². The highest BCUT2D eigenvalue weighted by molar-refractivity contribution is 7.99. The van der Waals surface area contributed by atoms with Crippen LogP contribution < -0.4 is 19.5 Å². The topological polar surface area (TPSA) is 60.0 Å². The van der Waals surface area contributed by atoms with E-state index in [2.05, 4.69) is 5.32 Å². The summed E-state index contributed by atoms with van der Waals surface area (Å²) in [6.45, 7) is 3.51. The third-order valence-corrected chi connectivity index (χ3v) is 5.51. The Hall–Kier alpha value is -2.54. The van der Waals surface area contributed by atoms with Crippen LogP contribution in [0.5, 0.6) is 17.2 Å². The molecule has 2 aliphatic rings. The van der Waals surface area contributed by atoms with Crippen LogP contribution in [0.4, 0.5) is 10.5 Å². The summed E-state index contributed by atoms with van der Waals surface area (Å²) in [6, 6.07) is 13.2. The van der Waals surface area contributed by atoms with Crippen LogP contribution in [0.25, 0.3) is 0 Å². The van der Waals surface area contributed by atoms with Crippen LogP contribution >= 0.6 is 11.8 Å². The lowest BCUT2D eigenvalue weighted by atomic mass is 10.2. The molecular formula is C19H20N2O4S. The Balaban J connectivity index is 1.46. The predicted octanol–water partition coefficient (Wildman–Crippen LogP) is 4.09. The Morgan fingerprint density at radius 1 is 1.23 bits per heavy atom. The van der Waals surface area contributed by atoms with E-state index in [0.29, 0.717) is 13.2 Å². The van der Waals surface area contributed by atoms with E-state index in [-0.39, 0.29) is 18.2 Å². The molecule has 1 atom stereocenters. The number of nitrogens with one attached hydrogen (secondary N) is 1. The fraction of sp³-hybridized carbons (Fsp3) is 0.316. The molecule has 4 rings (SSSR count). The molecule has 1 fully saturated rings. The molecule has 26 heavy (non-hydrogen) atoms. The molecule has 1 saturated heterocycles. The molecule has 7 heteroatoms. The van der Waals surface area contributed by atoms with Gasteiger partial charge in [-0.25, -0.2) is 4.79 Å². The Labute approximate surface area is 156 Å². The first kappa shape index (κ1) is 16.9. The second-order valence-corrected chi connectivity index (χ2v) is 7.10. The number of carbonyl (C=O) groups excluding carboxylic acids is 1. The third-order valence-electron chi connectivity index (χ3n) is 4.25. The lowest BCUT2D eigenvalue weighted by Gasteiger charge is -2.24. The lowest BCUT2D eigenvalue weighted by molar-refractivity contribution is 0.174. The molecule has 0 aromatic heterocycles. The molecule has 6 nitrogen and oxygen atoms in total. The van der Waals surface area contributed by atoms with Crippen LogP contribution in [-0.2, 0) is 0 Å². The highest BCUT2D eigenvalue weighted by Crippen LogP contribution is 2.42. The first-order valence-electron chi connectivity index (χ1n) is 8.56. The number of rotatable bonds is 4. The first-order chi connectivity index (χ1) is 12.7. The van der Waals surface area contributed by atoms with Crippen molar-refractivity contribution >= 4 is 23.5 Å². The average Bonchev–Trinajstić information content (AvgIpc) is 3.32. The number of fused-ring (bicyclic) bond motifs is 1. The van der Waals surface area contributed by atoms with Gasteiger partial charge < -0.3 is 24.4 Å². The van der Waals surface area contributed by atoms with Gasteiger partial charge in [0.25, 0.3) is 0 Å². The highest BCUT2D eigenvalue weighted by Gasteiger charge is 2.31. The van der Waals surface area contributed by atoms with Gasteiger partial charge in [0.2, 0.25) is 6.79 Å². The predicted molar refractivity (Wildman–Crippen MR) is 101 cm³/mol. The molecule has 2 aromatic carbocycles. The van der Waals surface area contributed by atoms with Crippen LogP contribution in [0.3, 0.4) is 0 Å². The SMILES string of the molecule is CCOc1ccc(NC(=O)N2CCS[C@@H]2c2ccc3c(c2)OCO3)cc1. The molecule has 2 amide bonds. The zero-order chi connectivity index (χ0) is 17.9. The highest BCUT2D eigenvalue weighted by atomic mass is 32.2. The number of ether oxygens (including phenoxy) is 3. The number of carbonyl (C=O) groups is 1. The maximum atomic E-state index is 12.8. The average molecular weight is 372 g/mol. The van der Waals surface area contributed by atoms with Crippen molar-refractivity contribution in [1.29, 1.82) is 0 Å². The molecule has 136 valence electrons. The van der Waals surface area contributed by atoms with Crippen molar-refractivity contribution in [3.05, 3.63) is 48.0 Å². The van der Waals surface area contributed by atoms with Crippen molar-refractivity contribution in [2.45, 2.75) is 12.3 Å². The minimum absolute atomic E-state index is 0.0350. The molecule has 2 aromatic rings. The summed E-state index contributed by atoms with van der Waals surface area (Å²) in [4.78, 5) is 14.6. The monoisotopic (exact) mass is 372 g/mol. The summed E-state index contributed by atoms with van der Waals surface area (Å²) in [7, 11) is 0. The summed E-state index contributed by atoms with van der Waals surface area (Å²) in [5.74, 6) is 3.18. The number of nitrogens with zero attached hydrogens (tertiary/aromatic N) is 1. The van der Waals surface area contributed by atoms with Gasteiger partial charge in [0.15, 0.2) is 11.5 Å². The molecule has 0 bridgehead atoms. The van der Waals surface area contributed by atoms with Gasteiger partial charge in [0, 0.05) is 18.0 Å². The van der Waals surface area contributed by atoms with E-state index in [9.17, 15) is 4.79 Å². The van der Waals surface area contributed by atoms with Crippen LogP contribution in [0.15, 0.2) is 42.5 Å². The largest absolute Gasteiger partial charge is 0.494 e. The number of urea groups is 1. The van der Waals surface area contributed by atoms with Crippen molar-refractivity contribution in [1.82, 2.24) is 4.90 Å². The maximum Gasteiger partial charge on any atom is 0.323 e. The molecule has 1 N–H and O–H groups in total. The minimum atomic E-state index is -0.109. The van der Waals surface area contributed by atoms with Crippen molar-refractivity contribution in [3.8, 4) is 17.2 Å². The Kier molecular flexibility index (Phi) is 4.79. The van der Waals surface area contributed by atoms with Gasteiger partial charge in [0.05, 0.1) is 6.61 Å². The second kappa shape index (κ2) is 7.37. The number of hydrogen-bond donors (Lipinski definition) is 1. The van der Waals surface area contributed by atoms with E-state index < -0.39 is 0 Å². The van der Waals surface area contributed by atoms with Crippen LogP contribution in [0.2, 0.25) is 0 Å². The number of amides is 2. The molecule has 0 saturated carbocycles. The fourth-order valence-electron chi connectivity index (χ4n) is 3.02. The lowest BCUT2D eigenvalue weighted by Crippen LogP contribution is -2.34. The smallest absolute Gasteiger partial charge is 0.323 e. The minimum Gasteiger partial charge on any atom is -0.494 e. The number of hydrogen-bond acceptors (Lipinski definition) is 5. The van der Waals surface area contributed by atoms with E-state index in [4.69, 9.17) is 14.2 Å². The van der Waals surface area contributed by atoms with Crippen LogP contribution in [-0.4, -0.2) is 36.6 Å². The summed E-state index contributed by atoms with van der Waals surface area (Å²) < 4.78 is 16.3. The Morgan fingerprint density at radius 3 is 2.85 bits per heavy atom. The van der Waals surface area contributed by atoms with Crippen molar-refractivity contribution in [2.24, 2.45) is 0 Å². The number of anilines is 1. The fourth-order valence-corrected chi connectivity index (χ4v) is 4.26. The molecule has 2 heterocycles. The van der Waals surface area contributed by atoms with Crippen molar-refractivity contribution < 1.29 is 19.0 Å². The summed E-state index contributed by atoms with van der Waals surface area (Å²) in [6.07, 6.45) is 0. The van der Waals surface area contributed by atoms with Crippen molar-refractivity contribution in [3.63, 3.8) is 0 Å². The molecule has 0 radical (unpaired) electrons. The molecular weight excluding hydrogens is 352 g/mol. The van der Waals surface area contributed by atoms with Gasteiger partial charge in [-0.1, -0.05) is 6.07 Å². The zero-order valence-corrected chi connectivity index (χ0v) is 15.3. The molecule has 2 aliphatic heterocycles. The number of thioether (sulfide) groups is 1. The molecule has 0 unspecified atom stereocenters. The number of benzene rings is 2. The van der Waals surface area contributed by atoms with E-state index in [0.717, 1.165) is 34.3 Å². The van der Waals surface area contributed by atoms with E-state index in [1.807, 2.05) is 54.3 Å². The quantitative estimate of drug-likeness (QED) is 0.876. The van der Waals surface area contributed by atoms with Gasteiger partial charge in [-0.15, -0.1) is 11.8 Å². The zero-order valence-electron chi connectivity index (χ0n) is 14.4. The van der Waals surface area contributed by atoms with Crippen molar-refractivity contribution in [2.75, 3.05) is 31.0 Å². The third kappa shape index (κ3) is 3.39. The van der Waals surface area contributed by atoms with E-state index in [1.165, 1.54) is 0 Å². The normalized spacial score (nSPS) is 18.0. The Morgan fingerprint density at radius 2 is 2.04 bits per heavy atom. The van der Waals surface area contributed by atoms with Crippen LogP contribution in [0.1, 0.15) is 17.9 Å². The Bertz CT molecular complexity index is 797. The second-order valence-electron chi connectivity index (χ2n) is 5.92. The van der Waals surface area contributed by atoms with Gasteiger partial charge in [-0.3, -0.25) is 0 Å². The summed E-state index contributed by atoms with van der Waals surface area (Å²) in [5, 5.41) is 2.93. The molecule has 0 aliphatic carbocycles. The summed E-state index contributed by atoms with van der Waals surface area (Å²) in [5.41, 5.74) is 1.79. The van der Waals surface area contributed by atoms with Gasteiger partial charge >= 0.3 is 6.03 Å². The summed E-state index contributed by atoms with van der Waals surface area (Å²) >= 11 is 1.75. The molecule has 0 spiro atoms. The van der Waals surface area contributed by atoms with Gasteiger partial charge in [0.1, 0.15) is 11.1 Å². The van der Waals surface area contributed by atoms with Gasteiger partial charge in [-0.05, 0) is 48.9 Å². The van der Waals surface area contributed by atoms with Crippen LogP contribution in [0, 0.1) is 0 Å². The van der Waals surface area contributed by atoms with E-state index in [1.54, 1.807) is 11.8 Å². The standard InChI is InChI=1S/C19H20N2O4S/c1-2-23-15-6-4-14(5-7-15)20-19(22)21-9-10-26-18(21)13-3-8-16-17(11-13)25-12-24-16/h3-8,11,18H,2,9-10,12H2,1H3,(H,20,22)/t18-/m1/s1. The maximum absolute atomic E-state index is 12.8. The van der Waals surface area contributed by atoms with Gasteiger partial charge in [-0.2, -0.15) is 0 Å².